The molecule has 2 aliphatic heterocycles. The van der Waals surface area contributed by atoms with E-state index in [0.717, 1.165) is 0 Å². The van der Waals surface area contributed by atoms with Crippen LogP contribution in [0, 0.1) is 0 Å². The Morgan fingerprint density at radius 3 is 2.17 bits per heavy atom. The van der Waals surface area contributed by atoms with Gasteiger partial charge in [-0.05, 0) is 32.0 Å². The molecule has 2 unspecified atom stereocenters. The Morgan fingerprint density at radius 2 is 1.58 bits per heavy atom. The highest BCUT2D eigenvalue weighted by Crippen LogP contribution is 2.38. The predicted octanol–water partition coefficient (Wildman–Crippen LogP) is 1.32. The molecular formula is C16H18O8. The molecular weight excluding hydrogens is 320 g/mol. The summed E-state index contributed by atoms with van der Waals surface area (Å²) in [6.07, 6.45) is -3.28. The first-order valence-corrected chi connectivity index (χ1v) is 7.67. The van der Waals surface area contributed by atoms with Gasteiger partial charge in [0.2, 0.25) is 6.79 Å². The van der Waals surface area contributed by atoms with Crippen LogP contribution in [0.4, 0.5) is 0 Å². The van der Waals surface area contributed by atoms with Crippen LogP contribution in [0.1, 0.15) is 25.7 Å². The third-order valence-electron chi connectivity index (χ3n) is 3.52. The number of ether oxygens (including phenoxy) is 6. The minimum absolute atomic E-state index is 0.141. The lowest BCUT2D eigenvalue weighted by Gasteiger charge is -2.13. The molecule has 130 valence electrons. The first-order valence-electron chi connectivity index (χ1n) is 7.67. The molecule has 0 spiro atoms. The molecule has 1 aromatic carbocycles. The van der Waals surface area contributed by atoms with Gasteiger partial charge in [-0.3, -0.25) is 0 Å². The van der Waals surface area contributed by atoms with Gasteiger partial charge < -0.3 is 28.4 Å². The highest BCUT2D eigenvalue weighted by Gasteiger charge is 2.47. The largest absolute Gasteiger partial charge is 0.464 e. The summed E-state index contributed by atoms with van der Waals surface area (Å²) in [4.78, 5) is 24.1. The Hall–Kier alpha value is -2.32. The summed E-state index contributed by atoms with van der Waals surface area (Å²) < 4.78 is 31.7. The summed E-state index contributed by atoms with van der Waals surface area (Å²) in [6, 6.07) is 5.11. The van der Waals surface area contributed by atoms with Gasteiger partial charge in [0, 0.05) is 5.56 Å². The Bertz CT molecular complexity index is 603. The normalized spacial score (nSPS) is 24.7. The second kappa shape index (κ2) is 7.06. The molecule has 0 saturated carbocycles. The van der Waals surface area contributed by atoms with Crippen LogP contribution in [0.25, 0.3) is 0 Å². The number of hydrogen-bond donors (Lipinski definition) is 0. The van der Waals surface area contributed by atoms with Crippen LogP contribution >= 0.6 is 0 Å². The van der Waals surface area contributed by atoms with E-state index >= 15 is 0 Å². The van der Waals surface area contributed by atoms with Crippen LogP contribution in [0.15, 0.2) is 18.2 Å². The minimum atomic E-state index is -1.18. The molecule has 8 nitrogen and oxygen atoms in total. The van der Waals surface area contributed by atoms with E-state index < -0.39 is 30.4 Å². The molecule has 0 bridgehead atoms. The van der Waals surface area contributed by atoms with Gasteiger partial charge >= 0.3 is 11.9 Å². The number of carbonyl (C=O) groups is 2. The average molecular weight is 338 g/mol. The van der Waals surface area contributed by atoms with Gasteiger partial charge in [-0.15, -0.1) is 0 Å². The maximum Gasteiger partial charge on any atom is 0.338 e. The van der Waals surface area contributed by atoms with Crippen molar-refractivity contribution in [3.63, 3.8) is 0 Å². The third-order valence-corrected chi connectivity index (χ3v) is 3.52. The maximum atomic E-state index is 12.0. The van der Waals surface area contributed by atoms with Crippen molar-refractivity contribution in [2.45, 2.75) is 32.3 Å². The molecule has 0 N–H and O–H groups in total. The summed E-state index contributed by atoms with van der Waals surface area (Å²) in [5, 5.41) is 0. The van der Waals surface area contributed by atoms with Crippen molar-refractivity contribution in [3.05, 3.63) is 23.8 Å². The molecule has 3 rings (SSSR count). The summed E-state index contributed by atoms with van der Waals surface area (Å²) in [5.74, 6) is -0.176. The fraction of sp³-hybridized carbons (Fsp3) is 0.500. The molecule has 8 heteroatoms. The summed E-state index contributed by atoms with van der Waals surface area (Å²) >= 11 is 0. The molecule has 3 atom stereocenters. The fourth-order valence-electron chi connectivity index (χ4n) is 2.47. The van der Waals surface area contributed by atoms with E-state index in [-0.39, 0.29) is 20.0 Å². The lowest BCUT2D eigenvalue weighted by molar-refractivity contribution is -0.163. The van der Waals surface area contributed by atoms with Crippen molar-refractivity contribution < 1.29 is 38.0 Å². The van der Waals surface area contributed by atoms with Crippen molar-refractivity contribution in [1.29, 1.82) is 0 Å². The van der Waals surface area contributed by atoms with Gasteiger partial charge in [0.1, 0.15) is 0 Å². The van der Waals surface area contributed by atoms with Crippen LogP contribution in [-0.4, -0.2) is 44.2 Å². The molecule has 0 amide bonds. The first kappa shape index (κ1) is 16.5. The van der Waals surface area contributed by atoms with Crippen LogP contribution in [0.2, 0.25) is 0 Å². The zero-order valence-corrected chi connectivity index (χ0v) is 13.4. The Balaban J connectivity index is 1.80. The summed E-state index contributed by atoms with van der Waals surface area (Å²) in [5.41, 5.74) is 0.598. The quantitative estimate of drug-likeness (QED) is 0.743. The highest BCUT2D eigenvalue weighted by atomic mass is 16.8. The molecule has 1 fully saturated rings. The van der Waals surface area contributed by atoms with Crippen molar-refractivity contribution in [1.82, 2.24) is 0 Å². The number of fused-ring (bicyclic) bond motifs is 1. The smallest absolute Gasteiger partial charge is 0.338 e. The lowest BCUT2D eigenvalue weighted by Crippen LogP contribution is -2.39. The zero-order chi connectivity index (χ0) is 17.1. The van der Waals surface area contributed by atoms with Gasteiger partial charge in [-0.25, -0.2) is 9.59 Å². The Morgan fingerprint density at radius 1 is 1.00 bits per heavy atom. The van der Waals surface area contributed by atoms with E-state index in [1.807, 2.05) is 0 Å². The van der Waals surface area contributed by atoms with E-state index in [0.29, 0.717) is 17.1 Å². The molecule has 2 heterocycles. The van der Waals surface area contributed by atoms with Gasteiger partial charge in [0.25, 0.3) is 0 Å². The van der Waals surface area contributed by atoms with Gasteiger partial charge in [-0.2, -0.15) is 0 Å². The van der Waals surface area contributed by atoms with Crippen molar-refractivity contribution in [3.8, 4) is 11.5 Å². The highest BCUT2D eigenvalue weighted by molar-refractivity contribution is 5.86. The first-order chi connectivity index (χ1) is 11.6. The van der Waals surface area contributed by atoms with Gasteiger partial charge in [-0.1, -0.05) is 0 Å². The van der Waals surface area contributed by atoms with E-state index in [1.165, 1.54) is 0 Å². The van der Waals surface area contributed by atoms with Crippen molar-refractivity contribution in [2.75, 3.05) is 20.0 Å². The fourth-order valence-corrected chi connectivity index (χ4v) is 2.47. The lowest BCUT2D eigenvalue weighted by atomic mass is 10.2. The standard InChI is InChI=1S/C16H18O8/c1-3-19-14(17)12-13(15(18)20-4-2)24-16(23-12)9-5-6-10-11(7-9)22-8-21-10/h5-7,12-13,16H,3-4,8H2,1-2H3/t12-,13?,16?/m1/s1. The van der Waals surface area contributed by atoms with Crippen LogP contribution in [0.3, 0.4) is 0 Å². The van der Waals surface area contributed by atoms with E-state index in [1.54, 1.807) is 32.0 Å². The zero-order valence-electron chi connectivity index (χ0n) is 13.4. The summed E-state index contributed by atoms with van der Waals surface area (Å²) in [7, 11) is 0. The second-order valence-corrected chi connectivity index (χ2v) is 5.06. The van der Waals surface area contributed by atoms with Gasteiger partial charge in [0.15, 0.2) is 30.0 Å². The SMILES string of the molecule is CCOC(=O)C1OC(c2ccc3c(c2)OCO3)O[C@H]1C(=O)OCC. The van der Waals surface area contributed by atoms with Crippen LogP contribution < -0.4 is 9.47 Å². The molecule has 0 aliphatic carbocycles. The maximum absolute atomic E-state index is 12.0. The van der Waals surface area contributed by atoms with Crippen molar-refractivity contribution >= 4 is 11.9 Å². The monoisotopic (exact) mass is 338 g/mol. The Labute approximate surface area is 138 Å². The minimum Gasteiger partial charge on any atom is -0.464 e. The van der Waals surface area contributed by atoms with Gasteiger partial charge in [0.05, 0.1) is 13.2 Å². The summed E-state index contributed by atoms with van der Waals surface area (Å²) in [6.45, 7) is 3.82. The van der Waals surface area contributed by atoms with E-state index in [4.69, 9.17) is 28.4 Å². The molecule has 0 radical (unpaired) electrons. The number of rotatable bonds is 5. The number of benzene rings is 1. The molecule has 24 heavy (non-hydrogen) atoms. The Kier molecular flexibility index (Phi) is 4.86. The number of carbonyl (C=O) groups excluding carboxylic acids is 2. The topological polar surface area (TPSA) is 89.5 Å². The van der Waals surface area contributed by atoms with Crippen molar-refractivity contribution in [2.24, 2.45) is 0 Å². The molecule has 1 aromatic rings. The van der Waals surface area contributed by atoms with Crippen LogP contribution in [0.5, 0.6) is 11.5 Å². The molecule has 0 aromatic heterocycles. The molecule has 1 saturated heterocycles. The predicted molar refractivity (Wildman–Crippen MR) is 78.3 cm³/mol. The average Bonchev–Trinajstić information content (AvgIpc) is 3.21. The number of hydrogen-bond acceptors (Lipinski definition) is 8. The second-order valence-electron chi connectivity index (χ2n) is 5.06. The third kappa shape index (κ3) is 3.15. The van der Waals surface area contributed by atoms with E-state index in [2.05, 4.69) is 0 Å². The van der Waals surface area contributed by atoms with Crippen LogP contribution in [-0.2, 0) is 28.5 Å². The number of esters is 2. The molecule has 2 aliphatic rings. The van der Waals surface area contributed by atoms with E-state index in [9.17, 15) is 9.59 Å².